The van der Waals surface area contributed by atoms with Gasteiger partial charge in [0.15, 0.2) is 0 Å². The Morgan fingerprint density at radius 2 is 1.38 bits per heavy atom. The van der Waals surface area contributed by atoms with Gasteiger partial charge in [-0.05, 0) is 6.42 Å². The van der Waals surface area contributed by atoms with E-state index in [9.17, 15) is 39.2 Å². The van der Waals surface area contributed by atoms with Gasteiger partial charge in [0.1, 0.15) is 0 Å². The Bertz CT molecular complexity index is 402. The van der Waals surface area contributed by atoms with Crippen LogP contribution in [0.2, 0.25) is 0 Å². The Kier molecular flexibility index (Phi) is 6.92. The summed E-state index contributed by atoms with van der Waals surface area (Å²) in [6.45, 7) is 1.70. The zero-order chi connectivity index (χ0) is 16.9. The molecule has 0 aromatic heterocycles. The topological polar surface area (TPSA) is 46.2 Å². The lowest BCUT2D eigenvalue weighted by Crippen LogP contribution is -2.54. The van der Waals surface area contributed by atoms with Crippen LogP contribution in [-0.4, -0.2) is 38.7 Å². The SMILES string of the molecule is CCCCCNS(=O)(=O)CCC(F)(C(F)(F)F)C(F)(F)F. The molecule has 0 atom stereocenters. The number of sulfonamides is 1. The maximum atomic E-state index is 13.2. The summed E-state index contributed by atoms with van der Waals surface area (Å²) < 4.78 is 111. The van der Waals surface area contributed by atoms with E-state index < -0.39 is 40.2 Å². The second-order valence-electron chi connectivity index (χ2n) is 4.47. The smallest absolute Gasteiger partial charge is 0.224 e. The average molecular weight is 347 g/mol. The summed E-state index contributed by atoms with van der Waals surface area (Å²) in [5.41, 5.74) is -5.54. The highest BCUT2D eigenvalue weighted by molar-refractivity contribution is 7.89. The highest BCUT2D eigenvalue weighted by atomic mass is 32.2. The van der Waals surface area contributed by atoms with Crippen LogP contribution in [0.15, 0.2) is 0 Å². The van der Waals surface area contributed by atoms with Crippen molar-refractivity contribution in [2.24, 2.45) is 0 Å². The largest absolute Gasteiger partial charge is 0.431 e. The third kappa shape index (κ3) is 5.97. The number of unbranched alkanes of at least 4 members (excludes halogenated alkanes) is 2. The maximum absolute atomic E-state index is 13.2. The third-order valence-electron chi connectivity index (χ3n) is 2.72. The highest BCUT2D eigenvalue weighted by Crippen LogP contribution is 2.48. The second kappa shape index (κ2) is 7.12. The van der Waals surface area contributed by atoms with Crippen molar-refractivity contribution in [2.75, 3.05) is 12.3 Å². The van der Waals surface area contributed by atoms with Crippen molar-refractivity contribution in [1.29, 1.82) is 0 Å². The Morgan fingerprint density at radius 3 is 1.76 bits per heavy atom. The molecule has 3 nitrogen and oxygen atoms in total. The molecule has 0 saturated heterocycles. The van der Waals surface area contributed by atoms with E-state index >= 15 is 0 Å². The van der Waals surface area contributed by atoms with Crippen LogP contribution in [0.25, 0.3) is 0 Å². The van der Waals surface area contributed by atoms with Crippen molar-refractivity contribution in [1.82, 2.24) is 4.72 Å². The molecule has 0 aliphatic carbocycles. The van der Waals surface area contributed by atoms with Gasteiger partial charge in [-0.3, -0.25) is 0 Å². The van der Waals surface area contributed by atoms with Gasteiger partial charge in [-0.15, -0.1) is 0 Å². The molecular formula is C10H16F7NO2S. The predicted octanol–water partition coefficient (Wildman–Crippen LogP) is 3.32. The van der Waals surface area contributed by atoms with Gasteiger partial charge in [-0.25, -0.2) is 17.5 Å². The van der Waals surface area contributed by atoms with Crippen molar-refractivity contribution in [3.63, 3.8) is 0 Å². The minimum Gasteiger partial charge on any atom is -0.224 e. The molecule has 0 spiro atoms. The van der Waals surface area contributed by atoms with Gasteiger partial charge in [0, 0.05) is 13.0 Å². The zero-order valence-electron chi connectivity index (χ0n) is 11.1. The fourth-order valence-electron chi connectivity index (χ4n) is 1.39. The molecule has 1 N–H and O–H groups in total. The molecule has 11 heteroatoms. The first-order chi connectivity index (χ1) is 9.27. The van der Waals surface area contributed by atoms with Gasteiger partial charge < -0.3 is 0 Å². The minimum absolute atomic E-state index is 0.118. The zero-order valence-corrected chi connectivity index (χ0v) is 11.9. The number of rotatable bonds is 8. The summed E-state index contributed by atoms with van der Waals surface area (Å²) >= 11 is 0. The van der Waals surface area contributed by atoms with Crippen LogP contribution in [0.3, 0.4) is 0 Å². The van der Waals surface area contributed by atoms with Gasteiger partial charge in [0.25, 0.3) is 5.67 Å². The van der Waals surface area contributed by atoms with E-state index in [1.807, 2.05) is 11.6 Å². The molecule has 0 aliphatic rings. The molecule has 0 unspecified atom stereocenters. The summed E-state index contributed by atoms with van der Waals surface area (Å²) in [7, 11) is -4.41. The molecule has 0 aliphatic heterocycles. The fourth-order valence-corrected chi connectivity index (χ4v) is 2.54. The van der Waals surface area contributed by atoms with Crippen LogP contribution < -0.4 is 4.72 Å². The molecule has 0 radical (unpaired) electrons. The molecule has 0 bridgehead atoms. The molecule has 0 aromatic rings. The summed E-state index contributed by atoms with van der Waals surface area (Å²) in [4.78, 5) is 0. The van der Waals surface area contributed by atoms with Crippen molar-refractivity contribution in [2.45, 2.75) is 50.6 Å². The van der Waals surface area contributed by atoms with Crippen molar-refractivity contribution in [3.05, 3.63) is 0 Å². The Labute approximate surface area is 117 Å². The first-order valence-corrected chi connectivity index (χ1v) is 7.72. The molecule has 21 heavy (non-hydrogen) atoms. The third-order valence-corrected chi connectivity index (χ3v) is 4.10. The van der Waals surface area contributed by atoms with Crippen molar-refractivity contribution < 1.29 is 39.2 Å². The summed E-state index contributed by atoms with van der Waals surface area (Å²) in [5.74, 6) is -1.60. The maximum Gasteiger partial charge on any atom is 0.431 e. The van der Waals surface area contributed by atoms with Crippen LogP contribution >= 0.6 is 0 Å². The van der Waals surface area contributed by atoms with E-state index in [0.29, 0.717) is 12.8 Å². The lowest BCUT2D eigenvalue weighted by Gasteiger charge is -2.29. The Morgan fingerprint density at radius 1 is 0.905 bits per heavy atom. The number of hydrogen-bond donors (Lipinski definition) is 1. The normalized spacial score (nSPS) is 14.5. The van der Waals surface area contributed by atoms with Gasteiger partial charge >= 0.3 is 12.4 Å². The second-order valence-corrected chi connectivity index (χ2v) is 6.39. The van der Waals surface area contributed by atoms with Gasteiger partial charge in [0.2, 0.25) is 10.0 Å². The average Bonchev–Trinajstić information content (AvgIpc) is 2.29. The summed E-state index contributed by atoms with van der Waals surface area (Å²) in [6, 6.07) is 0. The molecule has 0 rings (SSSR count). The molecule has 0 saturated carbocycles. The van der Waals surface area contributed by atoms with Crippen molar-refractivity contribution >= 4 is 10.0 Å². The molecule has 128 valence electrons. The number of halogens is 7. The van der Waals surface area contributed by atoms with Crippen LogP contribution in [0.5, 0.6) is 0 Å². The molecule has 0 aromatic carbocycles. The lowest BCUT2D eigenvalue weighted by atomic mass is 10.0. The van der Waals surface area contributed by atoms with E-state index in [1.54, 1.807) is 0 Å². The summed E-state index contributed by atoms with van der Waals surface area (Å²) in [6.07, 6.45) is -12.9. The Balaban J connectivity index is 4.78. The number of hydrogen-bond acceptors (Lipinski definition) is 2. The van der Waals surface area contributed by atoms with Crippen LogP contribution in [-0.2, 0) is 10.0 Å². The van der Waals surface area contributed by atoms with Gasteiger partial charge in [-0.2, -0.15) is 26.3 Å². The minimum atomic E-state index is -6.23. The van der Waals surface area contributed by atoms with E-state index in [1.165, 1.54) is 0 Å². The fraction of sp³-hybridized carbons (Fsp3) is 1.00. The highest BCUT2D eigenvalue weighted by Gasteiger charge is 2.72. The van der Waals surface area contributed by atoms with Crippen LogP contribution in [0.1, 0.15) is 32.6 Å². The molecule has 0 amide bonds. The molecule has 0 heterocycles. The summed E-state index contributed by atoms with van der Waals surface area (Å²) in [5, 5.41) is 0. The van der Waals surface area contributed by atoms with E-state index in [-0.39, 0.29) is 6.54 Å². The quantitative estimate of drug-likeness (QED) is 0.541. The van der Waals surface area contributed by atoms with Crippen LogP contribution in [0.4, 0.5) is 30.7 Å². The monoisotopic (exact) mass is 347 g/mol. The van der Waals surface area contributed by atoms with E-state index in [0.717, 1.165) is 6.42 Å². The van der Waals surface area contributed by atoms with Gasteiger partial charge in [0.05, 0.1) is 5.75 Å². The number of nitrogens with one attached hydrogen (secondary N) is 1. The predicted molar refractivity (Wildman–Crippen MR) is 61.9 cm³/mol. The molecular weight excluding hydrogens is 331 g/mol. The molecule has 0 fully saturated rings. The van der Waals surface area contributed by atoms with Crippen molar-refractivity contribution in [3.8, 4) is 0 Å². The Hall–Kier alpha value is -0.580. The lowest BCUT2D eigenvalue weighted by molar-refractivity contribution is -0.341. The van der Waals surface area contributed by atoms with Gasteiger partial charge in [-0.1, -0.05) is 19.8 Å². The van der Waals surface area contributed by atoms with Crippen LogP contribution in [0, 0.1) is 0 Å². The number of alkyl halides is 7. The van der Waals surface area contributed by atoms with E-state index in [2.05, 4.69) is 0 Å². The standard InChI is InChI=1S/C10H16F7NO2S/c1-2-3-4-6-18-21(19,20)7-5-8(11,9(12,13)14)10(15,16)17/h18H,2-7H2,1H3. The first-order valence-electron chi connectivity index (χ1n) is 6.06. The first kappa shape index (κ1) is 20.4. The van der Waals surface area contributed by atoms with E-state index in [4.69, 9.17) is 0 Å².